The molecule has 1 aliphatic rings. The first kappa shape index (κ1) is 14.8. The summed E-state index contributed by atoms with van der Waals surface area (Å²) in [4.78, 5) is 14.1. The van der Waals surface area contributed by atoms with Gasteiger partial charge in [-0.05, 0) is 38.6 Å². The zero-order valence-electron chi connectivity index (χ0n) is 11.2. The smallest absolute Gasteiger partial charge is 0.348 e. The number of hydrogen-bond donors (Lipinski definition) is 1. The van der Waals surface area contributed by atoms with Crippen molar-refractivity contribution < 1.29 is 18.0 Å². The lowest BCUT2D eigenvalue weighted by atomic mass is 10.0. The van der Waals surface area contributed by atoms with Gasteiger partial charge in [0, 0.05) is 12.6 Å². The fourth-order valence-electron chi connectivity index (χ4n) is 2.48. The first-order chi connectivity index (χ1) is 9.38. The Bertz CT molecular complexity index is 488. The van der Waals surface area contributed by atoms with Crippen LogP contribution in [0.1, 0.15) is 28.8 Å². The number of likely N-dealkylation sites (N-methyl/N-ethyl adjacent to an activating group) is 1. The molecule has 110 valence electrons. The molecule has 1 aromatic carbocycles. The molecule has 6 heteroatoms. The third-order valence-corrected chi connectivity index (χ3v) is 3.44. The molecule has 0 radical (unpaired) electrons. The van der Waals surface area contributed by atoms with Crippen LogP contribution in [0.15, 0.2) is 24.3 Å². The quantitative estimate of drug-likeness (QED) is 0.906. The highest BCUT2D eigenvalue weighted by Crippen LogP contribution is 2.31. The zero-order chi connectivity index (χ0) is 14.8. The molecule has 1 aromatic rings. The summed E-state index contributed by atoms with van der Waals surface area (Å²) in [5.74, 6) is -0.654. The van der Waals surface area contributed by atoms with Crippen molar-refractivity contribution in [2.45, 2.75) is 25.1 Å². The van der Waals surface area contributed by atoms with Crippen LogP contribution >= 0.6 is 0 Å². The van der Waals surface area contributed by atoms with Crippen LogP contribution in [-0.4, -0.2) is 37.0 Å². The van der Waals surface area contributed by atoms with Gasteiger partial charge in [-0.3, -0.25) is 4.79 Å². The van der Waals surface area contributed by atoms with Crippen LogP contribution in [0.2, 0.25) is 0 Å². The van der Waals surface area contributed by atoms with E-state index in [1.165, 1.54) is 18.2 Å². The van der Waals surface area contributed by atoms with Gasteiger partial charge in [-0.25, -0.2) is 0 Å². The van der Waals surface area contributed by atoms with Crippen LogP contribution in [-0.2, 0) is 6.18 Å². The maximum atomic E-state index is 12.9. The molecular formula is C14H17F3N2O. The number of carbonyl (C=O) groups excluding carboxylic acids is 1. The van der Waals surface area contributed by atoms with Crippen molar-refractivity contribution in [3.8, 4) is 0 Å². The van der Waals surface area contributed by atoms with Gasteiger partial charge in [0.05, 0.1) is 11.1 Å². The molecule has 0 unspecified atom stereocenters. The summed E-state index contributed by atoms with van der Waals surface area (Å²) in [7, 11) is 1.93. The van der Waals surface area contributed by atoms with Crippen LogP contribution in [0.4, 0.5) is 13.2 Å². The first-order valence-electron chi connectivity index (χ1n) is 6.53. The van der Waals surface area contributed by atoms with Crippen molar-refractivity contribution in [2.75, 3.05) is 20.1 Å². The Morgan fingerprint density at radius 1 is 1.35 bits per heavy atom. The normalized spacial score (nSPS) is 20.7. The molecule has 2 rings (SSSR count). The number of hydrogen-bond acceptors (Lipinski definition) is 2. The predicted molar refractivity (Wildman–Crippen MR) is 69.4 cm³/mol. The highest BCUT2D eigenvalue weighted by molar-refractivity contribution is 5.96. The molecule has 1 heterocycles. The number of piperidine rings is 1. The Hall–Kier alpha value is -1.56. The summed E-state index contributed by atoms with van der Waals surface area (Å²) in [6, 6.07) is 4.78. The van der Waals surface area contributed by atoms with Crippen molar-refractivity contribution in [1.29, 1.82) is 0 Å². The van der Waals surface area contributed by atoms with E-state index in [4.69, 9.17) is 0 Å². The van der Waals surface area contributed by atoms with E-state index in [1.807, 2.05) is 7.05 Å². The predicted octanol–water partition coefficient (Wildman–Crippen LogP) is 2.53. The van der Waals surface area contributed by atoms with Gasteiger partial charge < -0.3 is 10.2 Å². The van der Waals surface area contributed by atoms with Crippen molar-refractivity contribution in [2.24, 2.45) is 0 Å². The average Bonchev–Trinajstić information content (AvgIpc) is 2.37. The number of halogens is 3. The Morgan fingerprint density at radius 3 is 2.70 bits per heavy atom. The number of benzene rings is 1. The second kappa shape index (κ2) is 5.83. The number of likely N-dealkylation sites (tertiary alicyclic amines) is 1. The van der Waals surface area contributed by atoms with Crippen molar-refractivity contribution in [3.63, 3.8) is 0 Å². The lowest BCUT2D eigenvalue weighted by Crippen LogP contribution is -2.46. The molecule has 1 amide bonds. The Balaban J connectivity index is 2.13. The Labute approximate surface area is 115 Å². The van der Waals surface area contributed by atoms with E-state index < -0.39 is 17.6 Å². The summed E-state index contributed by atoms with van der Waals surface area (Å²) in [5, 5.41) is 2.70. The summed E-state index contributed by atoms with van der Waals surface area (Å²) < 4.78 is 38.6. The lowest BCUT2D eigenvalue weighted by molar-refractivity contribution is -0.137. The third-order valence-electron chi connectivity index (χ3n) is 3.44. The summed E-state index contributed by atoms with van der Waals surface area (Å²) in [5.41, 5.74) is -1.20. The van der Waals surface area contributed by atoms with E-state index in [-0.39, 0.29) is 11.6 Å². The highest BCUT2D eigenvalue weighted by Gasteiger charge is 2.35. The number of amides is 1. The minimum atomic E-state index is -4.52. The Kier molecular flexibility index (Phi) is 4.32. The molecule has 0 aliphatic carbocycles. The molecule has 1 atom stereocenters. The van der Waals surface area contributed by atoms with Gasteiger partial charge >= 0.3 is 6.18 Å². The summed E-state index contributed by atoms with van der Waals surface area (Å²) in [6.45, 7) is 1.62. The molecule has 1 saturated heterocycles. The SMILES string of the molecule is CN1CCC[C@@H](NC(=O)c2ccccc2C(F)(F)F)C1. The van der Waals surface area contributed by atoms with Gasteiger partial charge in [0.1, 0.15) is 0 Å². The van der Waals surface area contributed by atoms with E-state index in [1.54, 1.807) is 0 Å². The molecule has 20 heavy (non-hydrogen) atoms. The number of carbonyl (C=O) groups is 1. The molecule has 0 spiro atoms. The lowest BCUT2D eigenvalue weighted by Gasteiger charge is -2.30. The molecule has 1 N–H and O–H groups in total. The molecule has 1 aliphatic heterocycles. The van der Waals surface area contributed by atoms with E-state index in [0.717, 1.165) is 25.5 Å². The summed E-state index contributed by atoms with van der Waals surface area (Å²) >= 11 is 0. The van der Waals surface area contributed by atoms with Gasteiger partial charge in [0.15, 0.2) is 0 Å². The largest absolute Gasteiger partial charge is 0.417 e. The van der Waals surface area contributed by atoms with Gasteiger partial charge in [0.2, 0.25) is 0 Å². The fourth-order valence-corrected chi connectivity index (χ4v) is 2.48. The molecule has 0 bridgehead atoms. The standard InChI is InChI=1S/C14H17F3N2O/c1-19-8-4-5-10(9-19)18-13(20)11-6-2-3-7-12(11)14(15,16)17/h2-3,6-7,10H,4-5,8-9H2,1H3,(H,18,20)/t10-/m1/s1. The minimum Gasteiger partial charge on any atom is -0.348 e. The number of nitrogens with zero attached hydrogens (tertiary/aromatic N) is 1. The molecule has 1 fully saturated rings. The van der Waals surface area contributed by atoms with Crippen LogP contribution in [0.25, 0.3) is 0 Å². The van der Waals surface area contributed by atoms with E-state index >= 15 is 0 Å². The molecular weight excluding hydrogens is 269 g/mol. The third kappa shape index (κ3) is 3.50. The van der Waals surface area contributed by atoms with Crippen LogP contribution in [0, 0.1) is 0 Å². The van der Waals surface area contributed by atoms with Gasteiger partial charge in [0.25, 0.3) is 5.91 Å². The Morgan fingerprint density at radius 2 is 2.05 bits per heavy atom. The average molecular weight is 286 g/mol. The fraction of sp³-hybridized carbons (Fsp3) is 0.500. The van der Waals surface area contributed by atoms with Crippen LogP contribution < -0.4 is 5.32 Å². The van der Waals surface area contributed by atoms with Gasteiger partial charge in [-0.2, -0.15) is 13.2 Å². The first-order valence-corrected chi connectivity index (χ1v) is 6.53. The van der Waals surface area contributed by atoms with E-state index in [2.05, 4.69) is 10.2 Å². The van der Waals surface area contributed by atoms with Gasteiger partial charge in [-0.1, -0.05) is 12.1 Å². The monoisotopic (exact) mass is 286 g/mol. The van der Waals surface area contributed by atoms with Crippen LogP contribution in [0.3, 0.4) is 0 Å². The van der Waals surface area contributed by atoms with E-state index in [9.17, 15) is 18.0 Å². The topological polar surface area (TPSA) is 32.3 Å². The second-order valence-electron chi connectivity index (χ2n) is 5.12. The minimum absolute atomic E-state index is 0.0949. The highest BCUT2D eigenvalue weighted by atomic mass is 19.4. The van der Waals surface area contributed by atoms with Crippen LogP contribution in [0.5, 0.6) is 0 Å². The zero-order valence-corrected chi connectivity index (χ0v) is 11.2. The maximum absolute atomic E-state index is 12.9. The van der Waals surface area contributed by atoms with Crippen molar-refractivity contribution in [3.05, 3.63) is 35.4 Å². The van der Waals surface area contributed by atoms with E-state index in [0.29, 0.717) is 6.54 Å². The maximum Gasteiger partial charge on any atom is 0.417 e. The molecule has 0 aromatic heterocycles. The molecule has 3 nitrogen and oxygen atoms in total. The second-order valence-corrected chi connectivity index (χ2v) is 5.12. The number of alkyl halides is 3. The van der Waals surface area contributed by atoms with Crippen molar-refractivity contribution in [1.82, 2.24) is 10.2 Å². The van der Waals surface area contributed by atoms with Gasteiger partial charge in [-0.15, -0.1) is 0 Å². The summed E-state index contributed by atoms with van der Waals surface area (Å²) in [6.07, 6.45) is -2.79. The molecule has 0 saturated carbocycles. The number of rotatable bonds is 2. The van der Waals surface area contributed by atoms with Crippen molar-refractivity contribution >= 4 is 5.91 Å². The number of nitrogens with one attached hydrogen (secondary N) is 1.